The first kappa shape index (κ1) is 10.0. The highest BCUT2D eigenvalue weighted by Gasteiger charge is 2.25. The maximum absolute atomic E-state index is 10.5. The summed E-state index contributed by atoms with van der Waals surface area (Å²) in [6.45, 7) is 0. The molecule has 1 aliphatic carbocycles. The minimum Gasteiger partial charge on any atom is -0.327 e. The molecule has 0 amide bonds. The third-order valence-electron chi connectivity index (χ3n) is 2.94. The molecule has 0 unspecified atom stereocenters. The van der Waals surface area contributed by atoms with Gasteiger partial charge in [0.2, 0.25) is 0 Å². The summed E-state index contributed by atoms with van der Waals surface area (Å²) >= 11 is 3.57. The molecule has 1 aliphatic rings. The average molecular weight is 279 g/mol. The van der Waals surface area contributed by atoms with Crippen LogP contribution in [-0.4, -0.2) is 15.8 Å². The van der Waals surface area contributed by atoms with E-state index in [4.69, 9.17) is 0 Å². The lowest BCUT2D eigenvalue weighted by Crippen LogP contribution is -1.93. The van der Waals surface area contributed by atoms with E-state index in [1.807, 2.05) is 18.5 Å². The molecule has 0 N–H and O–H groups in total. The number of aromatic nitrogens is 2. The van der Waals surface area contributed by atoms with Crippen molar-refractivity contribution in [3.63, 3.8) is 0 Å². The predicted molar refractivity (Wildman–Crippen MR) is 65.5 cm³/mol. The Bertz CT molecular complexity index is 557. The molecule has 1 heterocycles. The van der Waals surface area contributed by atoms with Crippen LogP contribution in [0.3, 0.4) is 0 Å². The Morgan fingerprint density at radius 2 is 2.31 bits per heavy atom. The fourth-order valence-electron chi connectivity index (χ4n) is 2.02. The lowest BCUT2D eigenvalue weighted by molar-refractivity contribution is -0.107. The lowest BCUT2D eigenvalue weighted by atomic mass is 10.1. The number of aldehydes is 1. The molecule has 2 aromatic rings. The molecule has 16 heavy (non-hydrogen) atoms. The van der Waals surface area contributed by atoms with E-state index in [1.165, 1.54) is 12.8 Å². The van der Waals surface area contributed by atoms with E-state index >= 15 is 0 Å². The summed E-state index contributed by atoms with van der Waals surface area (Å²) in [6, 6.07) is 4.63. The first-order valence-corrected chi connectivity index (χ1v) is 6.17. The van der Waals surface area contributed by atoms with Gasteiger partial charge in [-0.3, -0.25) is 0 Å². The number of hydrogen-bond acceptors (Lipinski definition) is 2. The third kappa shape index (κ3) is 1.57. The van der Waals surface area contributed by atoms with Crippen molar-refractivity contribution in [3.8, 4) is 0 Å². The van der Waals surface area contributed by atoms with Gasteiger partial charge in [0.15, 0.2) is 0 Å². The molecule has 1 saturated carbocycles. The van der Waals surface area contributed by atoms with Crippen molar-refractivity contribution in [2.45, 2.75) is 25.3 Å². The quantitative estimate of drug-likeness (QED) is 0.810. The summed E-state index contributed by atoms with van der Waals surface area (Å²) in [5.41, 5.74) is 3.13. The van der Waals surface area contributed by atoms with Crippen molar-refractivity contribution in [2.75, 3.05) is 0 Å². The number of halogens is 1. The summed E-state index contributed by atoms with van der Waals surface area (Å²) in [6.07, 6.45) is 5.76. The zero-order chi connectivity index (χ0) is 11.1. The van der Waals surface area contributed by atoms with Gasteiger partial charge in [-0.1, -0.05) is 0 Å². The number of rotatable bonds is 3. The summed E-state index contributed by atoms with van der Waals surface area (Å²) < 4.78 is 3.26. The molecule has 1 fully saturated rings. The molecule has 0 aliphatic heterocycles. The van der Waals surface area contributed by atoms with E-state index in [9.17, 15) is 4.79 Å². The second-order valence-corrected chi connectivity index (χ2v) is 5.05. The minimum atomic E-state index is 0.449. The number of nitrogens with zero attached hydrogens (tertiary/aromatic N) is 2. The Morgan fingerprint density at radius 3 is 3.00 bits per heavy atom. The molecule has 0 bridgehead atoms. The second kappa shape index (κ2) is 3.70. The van der Waals surface area contributed by atoms with Crippen LogP contribution in [0.4, 0.5) is 0 Å². The van der Waals surface area contributed by atoms with Crippen molar-refractivity contribution in [3.05, 3.63) is 28.5 Å². The molecule has 0 saturated heterocycles. The van der Waals surface area contributed by atoms with Gasteiger partial charge in [-0.15, -0.1) is 0 Å². The smallest absolute Gasteiger partial charge is 0.124 e. The molecule has 0 atom stereocenters. The van der Waals surface area contributed by atoms with Crippen LogP contribution >= 0.6 is 15.9 Å². The van der Waals surface area contributed by atoms with E-state index in [0.717, 1.165) is 27.4 Å². The highest BCUT2D eigenvalue weighted by molar-refractivity contribution is 9.10. The lowest BCUT2D eigenvalue weighted by Gasteiger charge is -2.04. The van der Waals surface area contributed by atoms with Gasteiger partial charge >= 0.3 is 0 Å². The van der Waals surface area contributed by atoms with Crippen molar-refractivity contribution in [1.29, 1.82) is 0 Å². The summed E-state index contributed by atoms with van der Waals surface area (Å²) in [4.78, 5) is 14.9. The largest absolute Gasteiger partial charge is 0.327 e. The van der Waals surface area contributed by atoms with E-state index in [0.29, 0.717) is 12.5 Å². The molecule has 0 spiro atoms. The Labute approximate surface area is 102 Å². The maximum atomic E-state index is 10.5. The monoisotopic (exact) mass is 278 g/mol. The van der Waals surface area contributed by atoms with Crippen LogP contribution < -0.4 is 0 Å². The maximum Gasteiger partial charge on any atom is 0.124 e. The van der Waals surface area contributed by atoms with Gasteiger partial charge < -0.3 is 9.36 Å². The van der Waals surface area contributed by atoms with Crippen LogP contribution in [0.15, 0.2) is 22.9 Å². The number of fused-ring (bicyclic) bond motifs is 1. The Morgan fingerprint density at radius 1 is 1.50 bits per heavy atom. The van der Waals surface area contributed by atoms with E-state index < -0.39 is 0 Å². The van der Waals surface area contributed by atoms with Gasteiger partial charge in [-0.25, -0.2) is 4.98 Å². The summed E-state index contributed by atoms with van der Waals surface area (Å²) in [7, 11) is 0. The minimum absolute atomic E-state index is 0.449. The highest BCUT2D eigenvalue weighted by Crippen LogP contribution is 2.39. The normalized spacial score (nSPS) is 15.6. The van der Waals surface area contributed by atoms with Gasteiger partial charge in [0.1, 0.15) is 6.29 Å². The van der Waals surface area contributed by atoms with Crippen molar-refractivity contribution in [2.24, 2.45) is 0 Å². The molecule has 1 aromatic heterocycles. The number of hydrogen-bond donors (Lipinski definition) is 0. The molecule has 82 valence electrons. The van der Waals surface area contributed by atoms with Gasteiger partial charge in [0.05, 0.1) is 17.4 Å². The third-order valence-corrected chi connectivity index (χ3v) is 3.55. The Kier molecular flexibility index (Phi) is 2.32. The standard InChI is InChI=1S/C12H11BrN2O/c13-10-5-8(3-4-16)6-11-12(10)15(7-14-11)9-1-2-9/h4-7,9H,1-3H2. The SMILES string of the molecule is O=CCc1cc(Br)c2c(c1)ncn2C1CC1. The van der Waals surface area contributed by atoms with E-state index in [1.54, 1.807) is 0 Å². The van der Waals surface area contributed by atoms with Crippen LogP contribution in [0.1, 0.15) is 24.4 Å². The molecule has 3 nitrogen and oxygen atoms in total. The second-order valence-electron chi connectivity index (χ2n) is 4.20. The number of benzene rings is 1. The highest BCUT2D eigenvalue weighted by atomic mass is 79.9. The van der Waals surface area contributed by atoms with Crippen LogP contribution in [0.5, 0.6) is 0 Å². The van der Waals surface area contributed by atoms with Gasteiger partial charge in [-0.05, 0) is 46.5 Å². The molecular weight excluding hydrogens is 268 g/mol. The summed E-state index contributed by atoms with van der Waals surface area (Å²) in [5.74, 6) is 0. The van der Waals surface area contributed by atoms with Gasteiger partial charge in [-0.2, -0.15) is 0 Å². The average Bonchev–Trinajstić information content (AvgIpc) is 3.00. The zero-order valence-corrected chi connectivity index (χ0v) is 10.3. The molecule has 3 rings (SSSR count). The summed E-state index contributed by atoms with van der Waals surface area (Å²) in [5, 5.41) is 0. The van der Waals surface area contributed by atoms with Crippen molar-refractivity contribution >= 4 is 33.2 Å². The Balaban J connectivity index is 2.17. The van der Waals surface area contributed by atoms with E-state index in [2.05, 4.69) is 25.5 Å². The van der Waals surface area contributed by atoms with Crippen LogP contribution in [0, 0.1) is 0 Å². The molecule has 4 heteroatoms. The van der Waals surface area contributed by atoms with Crippen LogP contribution in [0.2, 0.25) is 0 Å². The number of carbonyl (C=O) groups is 1. The topological polar surface area (TPSA) is 34.9 Å². The molecule has 0 radical (unpaired) electrons. The number of carbonyl (C=O) groups excluding carboxylic acids is 1. The first-order valence-electron chi connectivity index (χ1n) is 5.38. The fraction of sp³-hybridized carbons (Fsp3) is 0.333. The zero-order valence-electron chi connectivity index (χ0n) is 8.69. The fourth-order valence-corrected chi connectivity index (χ4v) is 2.72. The van der Waals surface area contributed by atoms with E-state index in [-0.39, 0.29) is 0 Å². The Hall–Kier alpha value is -1.16. The van der Waals surface area contributed by atoms with Crippen LogP contribution in [0.25, 0.3) is 11.0 Å². The predicted octanol–water partition coefficient (Wildman–Crippen LogP) is 2.88. The van der Waals surface area contributed by atoms with Crippen molar-refractivity contribution in [1.82, 2.24) is 9.55 Å². The molecule has 1 aromatic carbocycles. The molecular formula is C12H11BrN2O. The van der Waals surface area contributed by atoms with Gasteiger partial charge in [0, 0.05) is 16.9 Å². The number of imidazole rings is 1. The van der Waals surface area contributed by atoms with Crippen LogP contribution in [-0.2, 0) is 11.2 Å². The van der Waals surface area contributed by atoms with Crippen molar-refractivity contribution < 1.29 is 4.79 Å². The van der Waals surface area contributed by atoms with Gasteiger partial charge in [0.25, 0.3) is 0 Å². The first-order chi connectivity index (χ1) is 7.79.